The van der Waals surface area contributed by atoms with Crippen molar-refractivity contribution in [3.8, 4) is 0 Å². The van der Waals surface area contributed by atoms with Gasteiger partial charge in [0.2, 0.25) is 53.2 Å². The van der Waals surface area contributed by atoms with Crippen LogP contribution < -0.4 is 26.6 Å². The molecule has 0 radical (unpaired) electrons. The predicted octanol–water partition coefficient (Wildman–Crippen LogP) is 1.20. The number of rotatable bonds is 34. The number of carbonyl (C=O) groups is 11. The van der Waals surface area contributed by atoms with Crippen molar-refractivity contribution in [1.29, 1.82) is 0 Å². The lowest BCUT2D eigenvalue weighted by Gasteiger charge is -2.41. The van der Waals surface area contributed by atoms with E-state index in [4.69, 9.17) is 25.1 Å². The number of carbonyl (C=O) groups excluding carboxylic acids is 10. The molecular formula is C67H101N9O21. The van der Waals surface area contributed by atoms with Gasteiger partial charge in [-0.3, -0.25) is 53.0 Å². The van der Waals surface area contributed by atoms with Crippen LogP contribution in [0.4, 0.5) is 10.5 Å². The summed E-state index contributed by atoms with van der Waals surface area (Å²) in [5.41, 5.74) is 1.15. The Kier molecular flexibility index (Phi) is 29.7. The van der Waals surface area contributed by atoms with Crippen molar-refractivity contribution >= 4 is 70.9 Å². The minimum absolute atomic E-state index is 0.105. The van der Waals surface area contributed by atoms with Crippen molar-refractivity contribution in [3.05, 3.63) is 65.7 Å². The van der Waals surface area contributed by atoms with E-state index in [1.54, 1.807) is 77.8 Å². The minimum atomic E-state index is -2.08. The molecule has 3 saturated heterocycles. The number of likely N-dealkylation sites (tertiary alicyclic amines) is 2. The van der Waals surface area contributed by atoms with Crippen LogP contribution in [0.2, 0.25) is 0 Å². The third-order valence-corrected chi connectivity index (χ3v) is 18.1. The number of nitrogens with one attached hydrogen (secondary N) is 5. The Bertz CT molecular complexity index is 3080. The number of aliphatic hydroxyl groups excluding tert-OH is 4. The first-order valence-corrected chi connectivity index (χ1v) is 32.8. The summed E-state index contributed by atoms with van der Waals surface area (Å²) < 4.78 is 36.2. The van der Waals surface area contributed by atoms with Crippen LogP contribution in [0.25, 0.3) is 0 Å². The quantitative estimate of drug-likeness (QED) is 0.0440. The maximum Gasteiger partial charge on any atom is 0.410 e. The molecular weight excluding hydrogens is 1270 g/mol. The SMILES string of the molecule is [3H]C1CC(=O)N(CC(=O)N[C@H](C(=O)N[C@@H](CO[C@@H]2O[C@H](C(=O)O)[C@@H](O)[C@H](O)[C@H]2O)C(=O)Nc2ccc(COC(=O)N(C)[C@H](C(=O)N[C@H](C(=O)N(C)[C@@H]([C@@H](C)CC)[C@@H](CC(=O)N3CCC[C@H]3[C@H](OC)[C@@H](C)C(=O)N[C@H](C)[C@@H](O)c3ccccc3)OC)C(C)C)C(C)C)cc2)C(C)C)C1=O. The summed E-state index contributed by atoms with van der Waals surface area (Å²) in [6.45, 7) is 15.8. The highest BCUT2D eigenvalue weighted by molar-refractivity contribution is 6.05. The van der Waals surface area contributed by atoms with Crippen LogP contribution >= 0.6 is 0 Å². The fraction of sp³-hybridized carbons (Fsp3) is 0.657. The van der Waals surface area contributed by atoms with Crippen LogP contribution in [-0.4, -0.2) is 244 Å². The van der Waals surface area contributed by atoms with Crippen molar-refractivity contribution in [2.45, 2.75) is 206 Å². The largest absolute Gasteiger partial charge is 0.479 e. The van der Waals surface area contributed by atoms with Gasteiger partial charge in [-0.05, 0) is 66.7 Å². The number of methoxy groups -OCH3 is 2. The van der Waals surface area contributed by atoms with E-state index in [-0.39, 0.29) is 36.4 Å². The number of ether oxygens (including phenoxy) is 5. The molecule has 540 valence electrons. The summed E-state index contributed by atoms with van der Waals surface area (Å²) in [5.74, 6) is -10.6. The third kappa shape index (κ3) is 20.9. The highest BCUT2D eigenvalue weighted by Crippen LogP contribution is 2.31. The summed E-state index contributed by atoms with van der Waals surface area (Å²) in [5, 5.41) is 65.0. The molecule has 2 aromatic carbocycles. The minimum Gasteiger partial charge on any atom is -0.479 e. The molecule has 0 spiro atoms. The van der Waals surface area contributed by atoms with Gasteiger partial charge in [-0.2, -0.15) is 0 Å². The summed E-state index contributed by atoms with van der Waals surface area (Å²) in [6, 6.07) is 7.58. The Hall–Kier alpha value is -7.71. The van der Waals surface area contributed by atoms with E-state index < -0.39 is 194 Å². The van der Waals surface area contributed by atoms with Crippen LogP contribution in [0.1, 0.15) is 126 Å². The van der Waals surface area contributed by atoms with E-state index in [1.807, 2.05) is 19.9 Å². The monoisotopic (exact) mass is 1370 g/mol. The van der Waals surface area contributed by atoms with Crippen molar-refractivity contribution in [2.24, 2.45) is 29.6 Å². The summed E-state index contributed by atoms with van der Waals surface area (Å²) >= 11 is 0. The maximum atomic E-state index is 14.8. The summed E-state index contributed by atoms with van der Waals surface area (Å²) in [6.07, 6.45) is -13.8. The topological polar surface area (TPSA) is 408 Å². The molecule has 1 unspecified atom stereocenters. The third-order valence-electron chi connectivity index (χ3n) is 18.1. The van der Waals surface area contributed by atoms with Gasteiger partial charge in [-0.1, -0.05) is 111 Å². The normalized spacial score (nSPS) is 23.1. The van der Waals surface area contributed by atoms with E-state index in [9.17, 15) is 78.3 Å². The number of amides is 10. The Morgan fingerprint density at radius 2 is 1.38 bits per heavy atom. The molecule has 0 bridgehead atoms. The molecule has 0 saturated carbocycles. The van der Waals surface area contributed by atoms with Gasteiger partial charge >= 0.3 is 12.1 Å². The van der Waals surface area contributed by atoms with Gasteiger partial charge in [-0.15, -0.1) is 0 Å². The van der Waals surface area contributed by atoms with E-state index in [0.717, 1.165) is 4.90 Å². The van der Waals surface area contributed by atoms with Crippen molar-refractivity contribution < 1.29 is 103 Å². The maximum absolute atomic E-state index is 14.8. The first-order chi connectivity index (χ1) is 46.1. The number of carboxylic acid groups (broad SMARTS) is 1. The van der Waals surface area contributed by atoms with Gasteiger partial charge in [0.05, 0.1) is 55.4 Å². The molecule has 10 amide bonds. The Morgan fingerprint density at radius 3 is 1.94 bits per heavy atom. The lowest BCUT2D eigenvalue weighted by atomic mass is 9.89. The molecule has 5 rings (SSSR count). The molecule has 3 aliphatic heterocycles. The first-order valence-electron chi connectivity index (χ1n) is 33.3. The Labute approximate surface area is 567 Å². The summed E-state index contributed by atoms with van der Waals surface area (Å²) in [4.78, 5) is 154. The van der Waals surface area contributed by atoms with Crippen molar-refractivity contribution in [1.82, 2.24) is 40.9 Å². The smallest absolute Gasteiger partial charge is 0.410 e. The molecule has 0 aromatic heterocycles. The van der Waals surface area contributed by atoms with Crippen LogP contribution in [0.3, 0.4) is 0 Å². The second-order valence-electron chi connectivity index (χ2n) is 26.2. The van der Waals surface area contributed by atoms with Crippen LogP contribution in [0, 0.1) is 29.6 Å². The second-order valence-corrected chi connectivity index (χ2v) is 26.2. The fourth-order valence-corrected chi connectivity index (χ4v) is 12.3. The van der Waals surface area contributed by atoms with E-state index in [0.29, 0.717) is 41.8 Å². The number of nitrogens with zero attached hydrogens (tertiary/aromatic N) is 4. The fourth-order valence-electron chi connectivity index (χ4n) is 12.3. The lowest BCUT2D eigenvalue weighted by Crippen LogP contribution is -2.61. The molecule has 18 atom stereocenters. The van der Waals surface area contributed by atoms with Crippen molar-refractivity contribution in [3.63, 3.8) is 0 Å². The van der Waals surface area contributed by atoms with Gasteiger partial charge in [0.25, 0.3) is 0 Å². The van der Waals surface area contributed by atoms with Gasteiger partial charge in [-0.25, -0.2) is 9.59 Å². The van der Waals surface area contributed by atoms with E-state index >= 15 is 0 Å². The molecule has 3 aliphatic rings. The summed E-state index contributed by atoms with van der Waals surface area (Å²) in [7, 11) is 5.94. The number of carboxylic acids is 1. The predicted molar refractivity (Wildman–Crippen MR) is 348 cm³/mol. The number of aliphatic carboxylic acids is 1. The van der Waals surface area contributed by atoms with Crippen LogP contribution in [0.5, 0.6) is 0 Å². The number of benzene rings is 2. The zero-order valence-corrected chi connectivity index (χ0v) is 57.7. The molecule has 97 heavy (non-hydrogen) atoms. The second kappa shape index (κ2) is 36.8. The number of anilines is 1. The molecule has 3 fully saturated rings. The molecule has 0 aliphatic carbocycles. The van der Waals surface area contributed by atoms with Crippen molar-refractivity contribution in [2.75, 3.05) is 53.3 Å². The molecule has 2 aromatic rings. The van der Waals surface area contributed by atoms with Crippen LogP contribution in [0.15, 0.2) is 54.6 Å². The van der Waals surface area contributed by atoms with Gasteiger partial charge in [0.15, 0.2) is 12.4 Å². The number of imide groups is 1. The van der Waals surface area contributed by atoms with Gasteiger partial charge in [0.1, 0.15) is 55.6 Å². The standard InChI is InChI=1S/C67H101N9O21/c1-15-37(8)53(45(93-13)30-49(80)75-29-19-22-44(75)58(94-14)38(9)60(85)68-39(10)54(81)41-20-17-16-18-21-41)73(11)64(89)51(35(4)5)72-63(88)52(36(6)7)74(12)67(92)96-32-40-23-25-42(26-24-40)69-61(86)43(33-95-66-57(84)55(82)56(83)59(97-66)65(90)91)70-62(87)50(34(2)3)71-46(77)31-76-47(78)27-28-48(76)79/h16-18,20-21,23-26,34-39,43-45,50-59,66,81-84H,15,19,22,27-33H2,1-14H3,(H,68,85)(H,69,86)(H,70,87)(H,71,77)(H,72,88)(H,90,91)/t37-,38+,39+,43-,44-,45+,50-,51-,52-,53-,54+,55-,56-,57+,58+,59-,66+/m0/s1/i27T/t27?,37-,38+,39+,43-,44-,45+,50-,51-,52-,53-,54+,55-,56-,57+,58+,59-,66+. The molecule has 3 heterocycles. The van der Waals surface area contributed by atoms with E-state index in [2.05, 4.69) is 26.6 Å². The van der Waals surface area contributed by atoms with Gasteiger partial charge < -0.3 is 85.6 Å². The number of hydrogen-bond donors (Lipinski definition) is 10. The lowest BCUT2D eigenvalue weighted by molar-refractivity contribution is -0.294. The molecule has 10 N–H and O–H groups in total. The molecule has 30 heteroatoms. The van der Waals surface area contributed by atoms with Crippen LogP contribution in [-0.2, 0) is 78.2 Å². The number of aliphatic hydroxyl groups is 4. The van der Waals surface area contributed by atoms with E-state index in [1.165, 1.54) is 64.3 Å². The highest BCUT2D eigenvalue weighted by Gasteiger charge is 2.49. The highest BCUT2D eigenvalue weighted by atomic mass is 16.7. The number of likely N-dealkylation sites (N-methyl/N-ethyl adjacent to an activating group) is 2. The number of hydrogen-bond acceptors (Lipinski definition) is 20. The first kappa shape index (κ1) is 78.3. The Balaban J connectivity index is 1.24. The van der Waals surface area contributed by atoms with Gasteiger partial charge in [0, 0.05) is 54.7 Å². The average molecular weight is 1370 g/mol. The average Bonchev–Trinajstić information content (AvgIpc) is 1.18. The zero-order valence-electron chi connectivity index (χ0n) is 58.7. The molecule has 30 nitrogen and oxygen atoms in total. The Morgan fingerprint density at radius 1 is 0.742 bits per heavy atom. The zero-order chi connectivity index (χ0) is 73.3.